The molecular formula is C19H16N4O4. The number of nitro groups is 1. The maximum absolute atomic E-state index is 12.7. The van der Waals surface area contributed by atoms with E-state index in [2.05, 4.69) is 11.1 Å². The van der Waals surface area contributed by atoms with Crippen LogP contribution < -0.4 is 5.56 Å². The number of nitro benzene ring substituents is 1. The zero-order valence-electron chi connectivity index (χ0n) is 14.4. The summed E-state index contributed by atoms with van der Waals surface area (Å²) in [6, 6.07) is 11.9. The molecule has 0 spiro atoms. The van der Waals surface area contributed by atoms with Crippen LogP contribution >= 0.6 is 0 Å². The lowest BCUT2D eigenvalue weighted by atomic mass is 10.00. The molecule has 1 aromatic heterocycles. The molecular weight excluding hydrogens is 348 g/mol. The van der Waals surface area contributed by atoms with E-state index in [9.17, 15) is 19.7 Å². The van der Waals surface area contributed by atoms with Crippen molar-refractivity contribution in [2.75, 3.05) is 6.54 Å². The van der Waals surface area contributed by atoms with Crippen LogP contribution in [0.1, 0.15) is 11.1 Å². The van der Waals surface area contributed by atoms with E-state index >= 15 is 0 Å². The van der Waals surface area contributed by atoms with Crippen LogP contribution in [0.4, 0.5) is 5.69 Å². The Morgan fingerprint density at radius 3 is 2.74 bits per heavy atom. The van der Waals surface area contributed by atoms with Gasteiger partial charge in [-0.15, -0.1) is 0 Å². The minimum atomic E-state index is -0.563. The molecule has 0 bridgehead atoms. The number of rotatable bonds is 3. The van der Waals surface area contributed by atoms with Gasteiger partial charge in [-0.3, -0.25) is 24.3 Å². The smallest absolute Gasteiger partial charge is 0.270 e. The molecule has 0 atom stereocenters. The molecule has 0 fully saturated rings. The number of hydrogen-bond donors (Lipinski definition) is 0. The van der Waals surface area contributed by atoms with Gasteiger partial charge >= 0.3 is 0 Å². The zero-order valence-corrected chi connectivity index (χ0v) is 14.4. The highest BCUT2D eigenvalue weighted by molar-refractivity contribution is 5.81. The van der Waals surface area contributed by atoms with Crippen molar-refractivity contribution >= 4 is 22.5 Å². The summed E-state index contributed by atoms with van der Waals surface area (Å²) in [7, 11) is 0. The monoisotopic (exact) mass is 364 g/mol. The Hall–Kier alpha value is -3.55. The first-order valence-corrected chi connectivity index (χ1v) is 8.51. The number of carbonyl (C=O) groups is 1. The van der Waals surface area contributed by atoms with Crippen molar-refractivity contribution in [3.8, 4) is 0 Å². The van der Waals surface area contributed by atoms with Gasteiger partial charge in [0.25, 0.3) is 11.2 Å². The first kappa shape index (κ1) is 16.9. The molecule has 0 aliphatic carbocycles. The van der Waals surface area contributed by atoms with Crippen LogP contribution in [-0.2, 0) is 24.3 Å². The van der Waals surface area contributed by atoms with Gasteiger partial charge in [-0.2, -0.15) is 0 Å². The molecule has 0 radical (unpaired) electrons. The summed E-state index contributed by atoms with van der Waals surface area (Å²) in [6.07, 6.45) is 2.09. The molecule has 136 valence electrons. The van der Waals surface area contributed by atoms with E-state index in [1.165, 1.54) is 34.7 Å². The second-order valence-electron chi connectivity index (χ2n) is 6.47. The molecule has 0 saturated carbocycles. The lowest BCUT2D eigenvalue weighted by molar-refractivity contribution is -0.384. The predicted octanol–water partition coefficient (Wildman–Crippen LogP) is 1.89. The van der Waals surface area contributed by atoms with E-state index in [0.717, 1.165) is 12.0 Å². The third-order valence-corrected chi connectivity index (χ3v) is 4.81. The molecule has 4 rings (SSSR count). The first-order chi connectivity index (χ1) is 13.0. The summed E-state index contributed by atoms with van der Waals surface area (Å²) >= 11 is 0. The fraction of sp³-hybridized carbons (Fsp3) is 0.211. The van der Waals surface area contributed by atoms with Gasteiger partial charge in [0.05, 0.1) is 22.2 Å². The van der Waals surface area contributed by atoms with Gasteiger partial charge in [0.15, 0.2) is 0 Å². The Bertz CT molecular complexity index is 1120. The fourth-order valence-electron chi connectivity index (χ4n) is 3.33. The number of benzene rings is 2. The summed E-state index contributed by atoms with van der Waals surface area (Å²) in [5.74, 6) is -0.182. The molecule has 1 amide bonds. The third kappa shape index (κ3) is 3.17. The molecule has 1 aliphatic rings. The van der Waals surface area contributed by atoms with Gasteiger partial charge < -0.3 is 4.90 Å². The summed E-state index contributed by atoms with van der Waals surface area (Å²) in [4.78, 5) is 41.6. The second-order valence-corrected chi connectivity index (χ2v) is 6.47. The fourth-order valence-corrected chi connectivity index (χ4v) is 3.33. The molecule has 3 aromatic rings. The van der Waals surface area contributed by atoms with E-state index < -0.39 is 10.5 Å². The van der Waals surface area contributed by atoms with Crippen LogP contribution in [-0.4, -0.2) is 31.8 Å². The van der Waals surface area contributed by atoms with E-state index in [4.69, 9.17) is 0 Å². The Labute approximate surface area is 153 Å². The first-order valence-electron chi connectivity index (χ1n) is 8.51. The second kappa shape index (κ2) is 6.64. The highest BCUT2D eigenvalue weighted by Gasteiger charge is 2.21. The van der Waals surface area contributed by atoms with Crippen molar-refractivity contribution in [1.29, 1.82) is 0 Å². The van der Waals surface area contributed by atoms with Crippen molar-refractivity contribution < 1.29 is 9.72 Å². The molecule has 0 unspecified atom stereocenters. The summed E-state index contributed by atoms with van der Waals surface area (Å²) in [6.45, 7) is 0.958. The maximum Gasteiger partial charge on any atom is 0.270 e. The topological polar surface area (TPSA) is 98.3 Å². The van der Waals surface area contributed by atoms with Gasteiger partial charge in [-0.1, -0.05) is 24.3 Å². The molecule has 0 saturated heterocycles. The molecule has 2 aromatic carbocycles. The van der Waals surface area contributed by atoms with Crippen molar-refractivity contribution in [3.63, 3.8) is 0 Å². The van der Waals surface area contributed by atoms with Crippen molar-refractivity contribution in [2.45, 2.75) is 19.5 Å². The van der Waals surface area contributed by atoms with Crippen LogP contribution in [0.5, 0.6) is 0 Å². The van der Waals surface area contributed by atoms with E-state index in [-0.39, 0.29) is 23.5 Å². The van der Waals surface area contributed by atoms with Crippen LogP contribution in [0.15, 0.2) is 53.6 Å². The van der Waals surface area contributed by atoms with Crippen molar-refractivity contribution in [2.24, 2.45) is 0 Å². The van der Waals surface area contributed by atoms with Crippen LogP contribution in [0.25, 0.3) is 10.9 Å². The summed E-state index contributed by atoms with van der Waals surface area (Å²) in [5, 5.41) is 11.1. The molecule has 8 nitrogen and oxygen atoms in total. The normalized spacial score (nSPS) is 13.4. The van der Waals surface area contributed by atoms with Crippen molar-refractivity contribution in [1.82, 2.24) is 14.5 Å². The largest absolute Gasteiger partial charge is 0.336 e. The van der Waals surface area contributed by atoms with Gasteiger partial charge in [-0.25, -0.2) is 4.98 Å². The average Bonchev–Trinajstić information content (AvgIpc) is 2.69. The molecule has 2 heterocycles. The minimum Gasteiger partial charge on any atom is -0.336 e. The number of non-ortho nitro benzene ring substituents is 1. The number of fused-ring (bicyclic) bond motifs is 2. The Morgan fingerprint density at radius 2 is 1.96 bits per heavy atom. The molecule has 0 N–H and O–H groups in total. The number of carbonyl (C=O) groups excluding carboxylic acids is 1. The van der Waals surface area contributed by atoms with E-state index in [1.54, 1.807) is 4.90 Å². The third-order valence-electron chi connectivity index (χ3n) is 4.81. The number of aromatic nitrogens is 2. The SMILES string of the molecule is O=C(Cn1cnc2ccc([N+](=O)[O-])cc2c1=O)N1CCc2ccccc2C1. The molecule has 8 heteroatoms. The Kier molecular flexibility index (Phi) is 4.15. The Morgan fingerprint density at radius 1 is 1.19 bits per heavy atom. The minimum absolute atomic E-state index is 0.128. The lowest BCUT2D eigenvalue weighted by Gasteiger charge is -2.29. The zero-order chi connectivity index (χ0) is 19.0. The van der Waals surface area contributed by atoms with Gasteiger partial charge in [-0.05, 0) is 23.6 Å². The van der Waals surface area contributed by atoms with E-state index in [0.29, 0.717) is 18.6 Å². The lowest BCUT2D eigenvalue weighted by Crippen LogP contribution is -2.39. The van der Waals surface area contributed by atoms with Crippen molar-refractivity contribution in [3.05, 3.63) is 80.4 Å². The van der Waals surface area contributed by atoms with Gasteiger partial charge in [0.2, 0.25) is 5.91 Å². The maximum atomic E-state index is 12.7. The Balaban J connectivity index is 1.60. The standard InChI is InChI=1S/C19H16N4O4/c24-18(21-8-7-13-3-1-2-4-14(13)10-21)11-22-12-20-17-6-5-15(23(26)27)9-16(17)19(22)25/h1-6,9,12H,7-8,10-11H2. The molecule has 27 heavy (non-hydrogen) atoms. The number of hydrogen-bond acceptors (Lipinski definition) is 5. The average molecular weight is 364 g/mol. The number of amides is 1. The predicted molar refractivity (Wildman–Crippen MR) is 98.2 cm³/mol. The van der Waals surface area contributed by atoms with Gasteiger partial charge in [0, 0.05) is 25.2 Å². The molecule has 1 aliphatic heterocycles. The van der Waals surface area contributed by atoms with E-state index in [1.807, 2.05) is 18.2 Å². The summed E-state index contributed by atoms with van der Waals surface area (Å²) in [5.41, 5.74) is 2.06. The van der Waals surface area contributed by atoms with Gasteiger partial charge in [0.1, 0.15) is 6.54 Å². The van der Waals surface area contributed by atoms with Crippen LogP contribution in [0.3, 0.4) is 0 Å². The van der Waals surface area contributed by atoms with Crippen LogP contribution in [0.2, 0.25) is 0 Å². The number of nitrogens with zero attached hydrogens (tertiary/aromatic N) is 4. The highest BCUT2D eigenvalue weighted by Crippen LogP contribution is 2.19. The summed E-state index contributed by atoms with van der Waals surface area (Å²) < 4.78 is 1.20. The highest BCUT2D eigenvalue weighted by atomic mass is 16.6. The quantitative estimate of drug-likeness (QED) is 0.522. The van der Waals surface area contributed by atoms with Crippen LogP contribution in [0, 0.1) is 10.1 Å².